The third kappa shape index (κ3) is 3.18. The zero-order valence-electron chi connectivity index (χ0n) is 20.6. The topological polar surface area (TPSA) is 81.0 Å². The zero-order valence-corrected chi connectivity index (χ0v) is 20.6. The average Bonchev–Trinajstić information content (AvgIpc) is 3.49. The fraction of sp³-hybridized carbons (Fsp3) is 0.310. The second kappa shape index (κ2) is 7.86. The molecule has 4 heterocycles. The number of fused-ring (bicyclic) bond motifs is 10. The van der Waals surface area contributed by atoms with Gasteiger partial charge in [-0.2, -0.15) is 0 Å². The normalized spacial score (nSPS) is 20.5. The van der Waals surface area contributed by atoms with E-state index in [1.165, 1.54) is 24.6 Å². The highest BCUT2D eigenvalue weighted by molar-refractivity contribution is 6.39. The van der Waals surface area contributed by atoms with Gasteiger partial charge < -0.3 is 9.97 Å². The number of halogens is 2. The number of rotatable bonds is 3. The molecule has 8 heteroatoms. The number of amides is 2. The maximum Gasteiger partial charge on any atom is 0.259 e. The van der Waals surface area contributed by atoms with E-state index < -0.39 is 17.6 Å². The molecule has 0 aliphatic carbocycles. The van der Waals surface area contributed by atoms with Crippen LogP contribution in [0.5, 0.6) is 0 Å². The van der Waals surface area contributed by atoms with Crippen molar-refractivity contribution in [2.45, 2.75) is 51.6 Å². The van der Waals surface area contributed by atoms with Crippen molar-refractivity contribution < 1.29 is 18.4 Å². The van der Waals surface area contributed by atoms with Gasteiger partial charge >= 0.3 is 0 Å². The van der Waals surface area contributed by atoms with Gasteiger partial charge in [0.15, 0.2) is 0 Å². The number of carbonyl (C=O) groups excluding carboxylic acids is 2. The molecule has 7 rings (SSSR count). The van der Waals surface area contributed by atoms with Gasteiger partial charge in [0.1, 0.15) is 11.6 Å². The maximum atomic E-state index is 15.0. The molecular formula is C29H26F2N4O2. The van der Waals surface area contributed by atoms with Crippen molar-refractivity contribution in [2.75, 3.05) is 6.54 Å². The van der Waals surface area contributed by atoms with Crippen LogP contribution in [0.1, 0.15) is 59.4 Å². The van der Waals surface area contributed by atoms with Gasteiger partial charge in [0.05, 0.1) is 27.7 Å². The molecule has 1 fully saturated rings. The van der Waals surface area contributed by atoms with Crippen LogP contribution < -0.4 is 5.32 Å². The summed E-state index contributed by atoms with van der Waals surface area (Å²) < 4.78 is 29.2. The number of hydrogen-bond donors (Lipinski definition) is 3. The molecule has 37 heavy (non-hydrogen) atoms. The van der Waals surface area contributed by atoms with Crippen LogP contribution in [-0.2, 0) is 6.42 Å². The van der Waals surface area contributed by atoms with Crippen LogP contribution in [0, 0.1) is 11.6 Å². The van der Waals surface area contributed by atoms with Crippen molar-refractivity contribution >= 4 is 55.4 Å². The highest BCUT2D eigenvalue weighted by Crippen LogP contribution is 2.43. The average molecular weight is 501 g/mol. The Bertz CT molecular complexity index is 1790. The van der Waals surface area contributed by atoms with Gasteiger partial charge in [0.2, 0.25) is 0 Å². The number of piperidine rings is 1. The summed E-state index contributed by atoms with van der Waals surface area (Å²) in [6.45, 7) is 5.29. The van der Waals surface area contributed by atoms with E-state index >= 15 is 4.39 Å². The SMILES string of the molecule is C[C@@H]1CCC[C@H](C)N1CCc1cc(F)cc2c1[nH]c1c3[nH]c4ccc(F)cc4c3c3c(c21)C(=O)NC3=O. The molecular weight excluding hydrogens is 474 g/mol. The minimum atomic E-state index is -0.531. The molecule has 3 N–H and O–H groups in total. The molecule has 6 nitrogen and oxygen atoms in total. The predicted molar refractivity (Wildman–Crippen MR) is 140 cm³/mol. The molecule has 5 aromatic rings. The number of nitrogens with zero attached hydrogens (tertiary/aromatic N) is 1. The smallest absolute Gasteiger partial charge is 0.259 e. The highest BCUT2D eigenvalue weighted by atomic mass is 19.1. The van der Waals surface area contributed by atoms with E-state index in [0.717, 1.165) is 30.5 Å². The minimum Gasteiger partial charge on any atom is -0.353 e. The monoisotopic (exact) mass is 500 g/mol. The summed E-state index contributed by atoms with van der Waals surface area (Å²) in [5.41, 5.74) is 3.84. The number of aromatic amines is 2. The molecule has 0 saturated carbocycles. The van der Waals surface area contributed by atoms with Crippen LogP contribution in [0.25, 0.3) is 43.6 Å². The van der Waals surface area contributed by atoms with E-state index in [2.05, 4.69) is 34.0 Å². The Kier molecular flexibility index (Phi) is 4.76. The first-order chi connectivity index (χ1) is 17.8. The van der Waals surface area contributed by atoms with Crippen LogP contribution in [0.15, 0.2) is 30.3 Å². The van der Waals surface area contributed by atoms with Crippen LogP contribution in [0.2, 0.25) is 0 Å². The van der Waals surface area contributed by atoms with Gasteiger partial charge in [0.25, 0.3) is 11.8 Å². The first-order valence-electron chi connectivity index (χ1n) is 12.8. The van der Waals surface area contributed by atoms with Crippen LogP contribution in [0.3, 0.4) is 0 Å². The van der Waals surface area contributed by atoms with Gasteiger partial charge in [-0.05, 0) is 69.0 Å². The van der Waals surface area contributed by atoms with Crippen LogP contribution in [-0.4, -0.2) is 45.3 Å². The third-order valence-electron chi connectivity index (χ3n) is 8.41. The van der Waals surface area contributed by atoms with Gasteiger partial charge in [-0.25, -0.2) is 8.78 Å². The molecule has 0 spiro atoms. The summed E-state index contributed by atoms with van der Waals surface area (Å²) in [7, 11) is 0. The Morgan fingerprint density at radius 3 is 2.22 bits per heavy atom. The van der Waals surface area contributed by atoms with Crippen molar-refractivity contribution in [3.8, 4) is 0 Å². The van der Waals surface area contributed by atoms with E-state index in [4.69, 9.17) is 0 Å². The molecule has 2 aromatic heterocycles. The van der Waals surface area contributed by atoms with Gasteiger partial charge in [-0.3, -0.25) is 19.8 Å². The molecule has 1 saturated heterocycles. The summed E-state index contributed by atoms with van der Waals surface area (Å²) in [5.74, 6) is -1.88. The minimum absolute atomic E-state index is 0.201. The summed E-state index contributed by atoms with van der Waals surface area (Å²) in [6.07, 6.45) is 4.18. The molecule has 2 amide bonds. The van der Waals surface area contributed by atoms with Crippen molar-refractivity contribution in [3.63, 3.8) is 0 Å². The Hall–Kier alpha value is -3.78. The molecule has 3 aromatic carbocycles. The standard InChI is InChI=1S/C29H26F2N4O2/c1-13-4-3-5-14(2)35(13)9-8-15-10-17(31)12-19-22-24-23(28(36)34-29(24)37)21-18-11-16(30)6-7-20(18)32-26(21)27(22)33-25(15)19/h6-7,10-14,32-33H,3-5,8-9H2,1-2H3,(H,34,36,37)/t13-,14+. The number of imide groups is 1. The van der Waals surface area contributed by atoms with E-state index in [1.54, 1.807) is 12.1 Å². The lowest BCUT2D eigenvalue weighted by molar-refractivity contribution is 0.0880. The van der Waals surface area contributed by atoms with Crippen molar-refractivity contribution in [1.29, 1.82) is 0 Å². The molecule has 0 unspecified atom stereocenters. The summed E-state index contributed by atoms with van der Waals surface area (Å²) in [6, 6.07) is 8.26. The number of aromatic nitrogens is 2. The predicted octanol–water partition coefficient (Wildman–Crippen LogP) is 5.92. The number of H-pyrrole nitrogens is 2. The molecule has 188 valence electrons. The second-order valence-corrected chi connectivity index (χ2v) is 10.6. The third-order valence-corrected chi connectivity index (χ3v) is 8.41. The van der Waals surface area contributed by atoms with Gasteiger partial charge in [0, 0.05) is 45.7 Å². The largest absolute Gasteiger partial charge is 0.353 e. The Morgan fingerprint density at radius 2 is 1.49 bits per heavy atom. The first kappa shape index (κ1) is 22.4. The number of carbonyl (C=O) groups is 2. The van der Waals surface area contributed by atoms with Crippen molar-refractivity contribution in [2.24, 2.45) is 0 Å². The lowest BCUT2D eigenvalue weighted by atomic mass is 9.95. The fourth-order valence-corrected chi connectivity index (χ4v) is 6.68. The van der Waals surface area contributed by atoms with Crippen LogP contribution in [0.4, 0.5) is 8.78 Å². The van der Waals surface area contributed by atoms with E-state index in [1.807, 2.05) is 0 Å². The Balaban J connectivity index is 1.51. The molecule has 2 aliphatic heterocycles. The van der Waals surface area contributed by atoms with Crippen LogP contribution >= 0.6 is 0 Å². The van der Waals surface area contributed by atoms with Gasteiger partial charge in [-0.15, -0.1) is 0 Å². The molecule has 2 atom stereocenters. The maximum absolute atomic E-state index is 15.0. The zero-order chi connectivity index (χ0) is 25.6. The van der Waals surface area contributed by atoms with E-state index in [-0.39, 0.29) is 16.9 Å². The van der Waals surface area contributed by atoms with Gasteiger partial charge in [-0.1, -0.05) is 6.42 Å². The first-order valence-corrected chi connectivity index (χ1v) is 12.8. The van der Waals surface area contributed by atoms with E-state index in [0.29, 0.717) is 56.6 Å². The van der Waals surface area contributed by atoms with E-state index in [9.17, 15) is 14.0 Å². The lowest BCUT2D eigenvalue weighted by Crippen LogP contribution is -2.44. The molecule has 0 bridgehead atoms. The summed E-state index contributed by atoms with van der Waals surface area (Å²) in [4.78, 5) is 35.3. The summed E-state index contributed by atoms with van der Waals surface area (Å²) in [5, 5.41) is 4.49. The molecule has 0 radical (unpaired) electrons. The second-order valence-electron chi connectivity index (χ2n) is 10.6. The van der Waals surface area contributed by atoms with Crippen molar-refractivity contribution in [1.82, 2.24) is 20.2 Å². The van der Waals surface area contributed by atoms with Crippen molar-refractivity contribution in [3.05, 3.63) is 58.7 Å². The summed E-state index contributed by atoms with van der Waals surface area (Å²) >= 11 is 0. The number of benzene rings is 3. The fourth-order valence-electron chi connectivity index (χ4n) is 6.68. The number of hydrogen-bond acceptors (Lipinski definition) is 3. The highest BCUT2D eigenvalue weighted by Gasteiger charge is 2.35. The quantitative estimate of drug-likeness (QED) is 0.269. The number of likely N-dealkylation sites (tertiary alicyclic amines) is 1. The number of nitrogens with one attached hydrogen (secondary N) is 3. The lowest BCUT2D eigenvalue weighted by Gasteiger charge is -2.39. The Morgan fingerprint density at radius 1 is 0.838 bits per heavy atom. The Labute approximate surface area is 211 Å². The molecule has 2 aliphatic rings.